The van der Waals surface area contributed by atoms with Crippen LogP contribution < -0.4 is 10.6 Å². The lowest BCUT2D eigenvalue weighted by molar-refractivity contribution is -0.133. The Balaban J connectivity index is 4.24. The second kappa shape index (κ2) is 7.63. The Kier molecular flexibility index (Phi) is 7.32. The lowest BCUT2D eigenvalue weighted by Gasteiger charge is -2.23. The molecule has 6 heteroatoms. The highest BCUT2D eigenvalue weighted by Gasteiger charge is 2.26. The monoisotopic (exact) mass is 275 g/mol. The van der Waals surface area contributed by atoms with Crippen molar-refractivity contribution in [2.24, 2.45) is 5.41 Å². The van der Waals surface area contributed by atoms with Gasteiger partial charge in [-0.15, -0.1) is 0 Å². The average Bonchev–Trinajstić information content (AvgIpc) is 2.23. The molecule has 2 N–H and O–H groups in total. The van der Waals surface area contributed by atoms with Gasteiger partial charge in [0.15, 0.2) is 0 Å². The van der Waals surface area contributed by atoms with Gasteiger partial charge < -0.3 is 15.5 Å². The summed E-state index contributed by atoms with van der Waals surface area (Å²) < 4.78 is 0. The van der Waals surface area contributed by atoms with Gasteiger partial charge >= 0.3 is 0 Å². The molecule has 0 aromatic rings. The molecule has 0 rings (SSSR count). The summed E-state index contributed by atoms with van der Waals surface area (Å²) in [4.78, 5) is 25.6. The minimum Gasteiger partial charge on any atom is -0.353 e. The maximum Gasteiger partial charge on any atom is 0.243 e. The van der Waals surface area contributed by atoms with Crippen LogP contribution in [0.3, 0.4) is 0 Å². The van der Waals surface area contributed by atoms with Crippen molar-refractivity contribution in [2.75, 3.05) is 32.9 Å². The van der Waals surface area contributed by atoms with Crippen LogP contribution in [0.15, 0.2) is 0 Å². The summed E-state index contributed by atoms with van der Waals surface area (Å²) in [5.41, 5.74) is -0.509. The summed E-state index contributed by atoms with van der Waals surface area (Å²) in [5.74, 6) is -0.0518. The van der Waals surface area contributed by atoms with Gasteiger partial charge in [0.1, 0.15) is 6.04 Å². The minimum absolute atomic E-state index is 0.149. The van der Waals surface area contributed by atoms with Crippen molar-refractivity contribution in [3.63, 3.8) is 0 Å². The van der Waals surface area contributed by atoms with Crippen LogP contribution in [0, 0.1) is 5.41 Å². The van der Waals surface area contributed by atoms with Crippen molar-refractivity contribution < 1.29 is 9.59 Å². The van der Waals surface area contributed by atoms with Gasteiger partial charge in [0.2, 0.25) is 11.8 Å². The number of carbonyl (C=O) groups is 2. The van der Waals surface area contributed by atoms with Gasteiger partial charge in [-0.1, -0.05) is 20.8 Å². The third kappa shape index (κ3) is 6.86. The standard InChI is InChI=1S/C12H25N3O2S/c1-12(2,3)11(17)14-9(8-18)10(16)13-6-7-15(4)5/h9,18H,6-8H2,1-5H3,(H,13,16)(H,14,17). The topological polar surface area (TPSA) is 61.4 Å². The number of carbonyl (C=O) groups excluding carboxylic acids is 2. The van der Waals surface area contributed by atoms with Crippen molar-refractivity contribution in [3.05, 3.63) is 0 Å². The molecule has 0 radical (unpaired) electrons. The maximum atomic E-state index is 11.8. The fourth-order valence-corrected chi connectivity index (χ4v) is 1.35. The third-order valence-corrected chi connectivity index (χ3v) is 2.71. The molecule has 106 valence electrons. The van der Waals surface area contributed by atoms with Crippen LogP contribution in [-0.4, -0.2) is 55.7 Å². The number of amides is 2. The van der Waals surface area contributed by atoms with Crippen LogP contribution in [0.4, 0.5) is 0 Å². The SMILES string of the molecule is CN(C)CCNC(=O)C(CS)NC(=O)C(C)(C)C. The van der Waals surface area contributed by atoms with Gasteiger partial charge in [0.25, 0.3) is 0 Å². The lowest BCUT2D eigenvalue weighted by atomic mass is 9.95. The van der Waals surface area contributed by atoms with E-state index in [1.54, 1.807) is 0 Å². The molecule has 1 atom stereocenters. The van der Waals surface area contributed by atoms with Crippen LogP contribution in [0.2, 0.25) is 0 Å². The summed E-state index contributed by atoms with van der Waals surface area (Å²) in [7, 11) is 3.87. The first kappa shape index (κ1) is 17.2. The largest absolute Gasteiger partial charge is 0.353 e. The summed E-state index contributed by atoms with van der Waals surface area (Å²) in [6, 6.07) is -0.581. The zero-order valence-corrected chi connectivity index (χ0v) is 12.8. The fourth-order valence-electron chi connectivity index (χ4n) is 1.09. The van der Waals surface area contributed by atoms with E-state index in [9.17, 15) is 9.59 Å². The smallest absolute Gasteiger partial charge is 0.243 e. The van der Waals surface area contributed by atoms with Gasteiger partial charge in [-0.3, -0.25) is 9.59 Å². The molecule has 0 heterocycles. The number of nitrogens with zero attached hydrogens (tertiary/aromatic N) is 1. The van der Waals surface area contributed by atoms with Crippen LogP contribution in [0.1, 0.15) is 20.8 Å². The third-order valence-electron chi connectivity index (χ3n) is 2.34. The Bertz CT molecular complexity index is 288. The maximum absolute atomic E-state index is 11.8. The van der Waals surface area contributed by atoms with Crippen LogP contribution in [0.5, 0.6) is 0 Å². The number of hydrogen-bond donors (Lipinski definition) is 3. The Labute approximate surface area is 115 Å². The molecule has 0 spiro atoms. The van der Waals surface area contributed by atoms with E-state index < -0.39 is 11.5 Å². The number of thiol groups is 1. The number of rotatable bonds is 6. The lowest BCUT2D eigenvalue weighted by Crippen LogP contribution is -2.51. The average molecular weight is 275 g/mol. The van der Waals surface area contributed by atoms with Crippen molar-refractivity contribution in [3.8, 4) is 0 Å². The second-order valence-electron chi connectivity index (χ2n) is 5.55. The first-order valence-electron chi connectivity index (χ1n) is 6.02. The van der Waals surface area contributed by atoms with Gasteiger partial charge in [-0.05, 0) is 14.1 Å². The molecule has 18 heavy (non-hydrogen) atoms. The Morgan fingerprint density at radius 2 is 1.83 bits per heavy atom. The normalized spacial score (nSPS) is 13.3. The predicted octanol–water partition coefficient (Wildman–Crippen LogP) is 0.125. The molecule has 0 aliphatic rings. The molecule has 0 aliphatic carbocycles. The molecule has 0 saturated carbocycles. The highest BCUT2D eigenvalue weighted by molar-refractivity contribution is 7.80. The van der Waals surface area contributed by atoms with E-state index >= 15 is 0 Å². The molecule has 5 nitrogen and oxygen atoms in total. The summed E-state index contributed by atoms with van der Waals surface area (Å²) in [6.07, 6.45) is 0. The molecule has 0 fully saturated rings. The summed E-state index contributed by atoms with van der Waals surface area (Å²) >= 11 is 4.10. The van der Waals surface area contributed by atoms with Crippen LogP contribution in [-0.2, 0) is 9.59 Å². The molecule has 0 bridgehead atoms. The van der Waals surface area contributed by atoms with Gasteiger partial charge in [-0.2, -0.15) is 12.6 Å². The summed E-state index contributed by atoms with van der Waals surface area (Å²) in [6.45, 7) is 6.74. The van der Waals surface area contributed by atoms with Crippen molar-refractivity contribution in [2.45, 2.75) is 26.8 Å². The van der Waals surface area contributed by atoms with Crippen molar-refractivity contribution >= 4 is 24.4 Å². The number of nitrogens with one attached hydrogen (secondary N) is 2. The molecular weight excluding hydrogens is 250 g/mol. The van der Waals surface area contributed by atoms with E-state index in [1.165, 1.54) is 0 Å². The molecular formula is C12H25N3O2S. The second-order valence-corrected chi connectivity index (χ2v) is 5.92. The Hall–Kier alpha value is -0.750. The Morgan fingerprint density at radius 1 is 1.28 bits per heavy atom. The molecule has 0 aliphatic heterocycles. The van der Waals surface area contributed by atoms with Gasteiger partial charge in [0, 0.05) is 24.3 Å². The van der Waals surface area contributed by atoms with Gasteiger partial charge in [-0.25, -0.2) is 0 Å². The highest BCUT2D eigenvalue weighted by Crippen LogP contribution is 2.12. The highest BCUT2D eigenvalue weighted by atomic mass is 32.1. The molecule has 0 aromatic heterocycles. The van der Waals surface area contributed by atoms with Crippen LogP contribution in [0.25, 0.3) is 0 Å². The first-order chi connectivity index (χ1) is 8.18. The van der Waals surface area contributed by atoms with Gasteiger partial charge in [0.05, 0.1) is 0 Å². The van der Waals surface area contributed by atoms with E-state index in [1.807, 2.05) is 39.8 Å². The number of likely N-dealkylation sites (N-methyl/N-ethyl adjacent to an activating group) is 1. The Morgan fingerprint density at radius 3 is 2.22 bits per heavy atom. The molecule has 2 amide bonds. The fraction of sp³-hybridized carbons (Fsp3) is 0.833. The predicted molar refractivity (Wildman–Crippen MR) is 76.8 cm³/mol. The van der Waals surface area contributed by atoms with E-state index in [2.05, 4.69) is 23.3 Å². The number of hydrogen-bond acceptors (Lipinski definition) is 4. The molecule has 0 saturated heterocycles. The van der Waals surface area contributed by atoms with Crippen molar-refractivity contribution in [1.82, 2.24) is 15.5 Å². The van der Waals surface area contributed by atoms with Crippen LogP contribution >= 0.6 is 12.6 Å². The summed E-state index contributed by atoms with van der Waals surface area (Å²) in [5, 5.41) is 5.48. The van der Waals surface area contributed by atoms with E-state index in [0.29, 0.717) is 6.54 Å². The van der Waals surface area contributed by atoms with E-state index in [-0.39, 0.29) is 17.6 Å². The quantitative estimate of drug-likeness (QED) is 0.604. The van der Waals surface area contributed by atoms with E-state index in [0.717, 1.165) is 6.54 Å². The van der Waals surface area contributed by atoms with E-state index in [4.69, 9.17) is 0 Å². The molecule has 0 aromatic carbocycles. The zero-order chi connectivity index (χ0) is 14.3. The zero-order valence-electron chi connectivity index (χ0n) is 11.9. The van der Waals surface area contributed by atoms with Crippen molar-refractivity contribution in [1.29, 1.82) is 0 Å². The minimum atomic E-state index is -0.581. The first-order valence-corrected chi connectivity index (χ1v) is 6.66. The molecule has 1 unspecified atom stereocenters.